The summed E-state index contributed by atoms with van der Waals surface area (Å²) in [6.07, 6.45) is 3.55. The summed E-state index contributed by atoms with van der Waals surface area (Å²) in [5, 5.41) is 3.43. The molecule has 0 bridgehead atoms. The number of hydrogen-bond acceptors (Lipinski definition) is 2. The second kappa shape index (κ2) is 6.27. The molecule has 1 atom stereocenters. The molecule has 0 radical (unpaired) electrons. The SMILES string of the molecule is Cc1ccc2c(c1)CC(CNCCCCCl)O2. The van der Waals surface area contributed by atoms with Crippen LogP contribution >= 0.6 is 11.6 Å². The van der Waals surface area contributed by atoms with E-state index in [0.29, 0.717) is 6.10 Å². The Hall–Kier alpha value is -0.730. The van der Waals surface area contributed by atoms with Gasteiger partial charge in [-0.15, -0.1) is 11.6 Å². The lowest BCUT2D eigenvalue weighted by Crippen LogP contribution is -2.30. The van der Waals surface area contributed by atoms with E-state index in [0.717, 1.165) is 44.0 Å². The van der Waals surface area contributed by atoms with E-state index >= 15 is 0 Å². The molecule has 1 unspecified atom stereocenters. The number of benzene rings is 1. The third kappa shape index (κ3) is 3.62. The summed E-state index contributed by atoms with van der Waals surface area (Å²) in [5.74, 6) is 1.81. The molecule has 0 aliphatic carbocycles. The van der Waals surface area contributed by atoms with E-state index in [2.05, 4.69) is 30.4 Å². The summed E-state index contributed by atoms with van der Waals surface area (Å²) < 4.78 is 5.88. The summed E-state index contributed by atoms with van der Waals surface area (Å²) >= 11 is 5.63. The third-order valence-corrected chi connectivity index (χ3v) is 3.33. The quantitative estimate of drug-likeness (QED) is 0.622. The first-order valence-corrected chi connectivity index (χ1v) is 6.86. The van der Waals surface area contributed by atoms with E-state index in [1.54, 1.807) is 0 Å². The summed E-state index contributed by atoms with van der Waals surface area (Å²) in [6, 6.07) is 6.41. The summed E-state index contributed by atoms with van der Waals surface area (Å²) in [4.78, 5) is 0. The zero-order chi connectivity index (χ0) is 12.1. The second-order valence-corrected chi connectivity index (χ2v) is 5.03. The number of nitrogens with one attached hydrogen (secondary N) is 1. The van der Waals surface area contributed by atoms with Crippen molar-refractivity contribution in [2.45, 2.75) is 32.3 Å². The van der Waals surface area contributed by atoms with Crippen LogP contribution in [0, 0.1) is 6.92 Å². The molecule has 0 spiro atoms. The third-order valence-electron chi connectivity index (χ3n) is 3.07. The van der Waals surface area contributed by atoms with Crippen LogP contribution in [0.1, 0.15) is 24.0 Å². The molecule has 0 aromatic heterocycles. The minimum Gasteiger partial charge on any atom is -0.488 e. The fourth-order valence-electron chi connectivity index (χ4n) is 2.17. The highest BCUT2D eigenvalue weighted by Crippen LogP contribution is 2.29. The van der Waals surface area contributed by atoms with Crippen molar-refractivity contribution in [3.05, 3.63) is 29.3 Å². The van der Waals surface area contributed by atoms with Crippen LogP contribution in [0.3, 0.4) is 0 Å². The molecule has 1 aliphatic rings. The highest BCUT2D eigenvalue weighted by Gasteiger charge is 2.21. The fraction of sp³-hybridized carbons (Fsp3) is 0.571. The molecular formula is C14H20ClNO. The topological polar surface area (TPSA) is 21.3 Å². The molecule has 1 aromatic carbocycles. The number of halogens is 1. The lowest BCUT2D eigenvalue weighted by Gasteiger charge is -2.11. The van der Waals surface area contributed by atoms with Crippen LogP contribution in [0.25, 0.3) is 0 Å². The number of unbranched alkanes of at least 4 members (excludes halogenated alkanes) is 1. The molecule has 0 amide bonds. The van der Waals surface area contributed by atoms with Gasteiger partial charge in [0.1, 0.15) is 11.9 Å². The molecule has 3 heteroatoms. The van der Waals surface area contributed by atoms with E-state index < -0.39 is 0 Å². The largest absolute Gasteiger partial charge is 0.488 e. The minimum absolute atomic E-state index is 0.294. The van der Waals surface area contributed by atoms with Crippen LogP contribution in [0.15, 0.2) is 18.2 Å². The molecule has 1 aliphatic heterocycles. The van der Waals surface area contributed by atoms with Crippen molar-refractivity contribution in [1.29, 1.82) is 0 Å². The number of rotatable bonds is 6. The summed E-state index contributed by atoms with van der Waals surface area (Å²) in [7, 11) is 0. The molecule has 17 heavy (non-hydrogen) atoms. The maximum absolute atomic E-state index is 5.88. The normalized spacial score (nSPS) is 17.9. The van der Waals surface area contributed by atoms with Gasteiger partial charge in [-0.2, -0.15) is 0 Å². The Kier molecular flexibility index (Phi) is 4.69. The Morgan fingerprint density at radius 1 is 1.41 bits per heavy atom. The van der Waals surface area contributed by atoms with Crippen molar-refractivity contribution in [2.24, 2.45) is 0 Å². The van der Waals surface area contributed by atoms with Crippen molar-refractivity contribution < 1.29 is 4.74 Å². The number of hydrogen-bond donors (Lipinski definition) is 1. The predicted molar refractivity (Wildman–Crippen MR) is 72.1 cm³/mol. The molecule has 1 N–H and O–H groups in total. The van der Waals surface area contributed by atoms with E-state index in [-0.39, 0.29) is 0 Å². The first-order valence-electron chi connectivity index (χ1n) is 6.32. The number of aryl methyl sites for hydroxylation is 1. The Morgan fingerprint density at radius 3 is 3.12 bits per heavy atom. The van der Waals surface area contributed by atoms with Crippen molar-refractivity contribution in [3.8, 4) is 5.75 Å². The van der Waals surface area contributed by atoms with Gasteiger partial charge in [-0.3, -0.25) is 0 Å². The smallest absolute Gasteiger partial charge is 0.123 e. The predicted octanol–water partition coefficient (Wildman–Crippen LogP) is 2.91. The van der Waals surface area contributed by atoms with Crippen LogP contribution < -0.4 is 10.1 Å². The Morgan fingerprint density at radius 2 is 2.29 bits per heavy atom. The molecular weight excluding hydrogens is 234 g/mol. The number of alkyl halides is 1. The van der Waals surface area contributed by atoms with Gasteiger partial charge >= 0.3 is 0 Å². The van der Waals surface area contributed by atoms with Gasteiger partial charge in [-0.1, -0.05) is 17.7 Å². The fourth-order valence-corrected chi connectivity index (χ4v) is 2.36. The highest BCUT2D eigenvalue weighted by molar-refractivity contribution is 6.17. The maximum Gasteiger partial charge on any atom is 0.123 e. The monoisotopic (exact) mass is 253 g/mol. The van der Waals surface area contributed by atoms with Crippen molar-refractivity contribution in [2.75, 3.05) is 19.0 Å². The van der Waals surface area contributed by atoms with Crippen LogP contribution in [-0.4, -0.2) is 25.1 Å². The number of ether oxygens (including phenoxy) is 1. The molecule has 0 fully saturated rings. The second-order valence-electron chi connectivity index (χ2n) is 4.66. The molecule has 2 nitrogen and oxygen atoms in total. The Labute approximate surface area is 108 Å². The highest BCUT2D eigenvalue weighted by atomic mass is 35.5. The lowest BCUT2D eigenvalue weighted by atomic mass is 10.1. The molecule has 0 saturated heterocycles. The van der Waals surface area contributed by atoms with Crippen LogP contribution in [-0.2, 0) is 6.42 Å². The first kappa shape index (κ1) is 12.7. The molecule has 1 aromatic rings. The molecule has 1 heterocycles. The van der Waals surface area contributed by atoms with Gasteiger partial charge < -0.3 is 10.1 Å². The van der Waals surface area contributed by atoms with Gasteiger partial charge in [0.25, 0.3) is 0 Å². The van der Waals surface area contributed by atoms with Gasteiger partial charge in [0, 0.05) is 18.8 Å². The van der Waals surface area contributed by atoms with E-state index in [9.17, 15) is 0 Å². The first-order chi connectivity index (χ1) is 8.29. The molecule has 0 saturated carbocycles. The van der Waals surface area contributed by atoms with E-state index in [4.69, 9.17) is 16.3 Å². The van der Waals surface area contributed by atoms with Gasteiger partial charge in [0.2, 0.25) is 0 Å². The van der Waals surface area contributed by atoms with Gasteiger partial charge in [-0.05, 0) is 37.9 Å². The van der Waals surface area contributed by atoms with Crippen molar-refractivity contribution in [3.63, 3.8) is 0 Å². The van der Waals surface area contributed by atoms with Gasteiger partial charge in [-0.25, -0.2) is 0 Å². The maximum atomic E-state index is 5.88. The average Bonchev–Trinajstić information content (AvgIpc) is 2.70. The Balaban J connectivity index is 1.73. The Bertz CT molecular complexity index is 367. The van der Waals surface area contributed by atoms with Crippen molar-refractivity contribution in [1.82, 2.24) is 5.32 Å². The zero-order valence-corrected chi connectivity index (χ0v) is 11.1. The van der Waals surface area contributed by atoms with Crippen LogP contribution in [0.5, 0.6) is 5.75 Å². The van der Waals surface area contributed by atoms with Crippen LogP contribution in [0.2, 0.25) is 0 Å². The minimum atomic E-state index is 0.294. The average molecular weight is 254 g/mol. The summed E-state index contributed by atoms with van der Waals surface area (Å²) in [6.45, 7) is 4.08. The molecule has 94 valence electrons. The van der Waals surface area contributed by atoms with Crippen LogP contribution in [0.4, 0.5) is 0 Å². The standard InChI is InChI=1S/C14H20ClNO/c1-11-4-5-14-12(8-11)9-13(17-14)10-16-7-3-2-6-15/h4-5,8,13,16H,2-3,6-7,9-10H2,1H3. The lowest BCUT2D eigenvalue weighted by molar-refractivity contribution is 0.227. The van der Waals surface area contributed by atoms with Gasteiger partial charge in [0.15, 0.2) is 0 Å². The summed E-state index contributed by atoms with van der Waals surface area (Å²) in [5.41, 5.74) is 2.65. The number of fused-ring (bicyclic) bond motifs is 1. The zero-order valence-electron chi connectivity index (χ0n) is 10.3. The molecule has 2 rings (SSSR count). The van der Waals surface area contributed by atoms with E-state index in [1.165, 1.54) is 11.1 Å². The van der Waals surface area contributed by atoms with Gasteiger partial charge in [0.05, 0.1) is 0 Å². The van der Waals surface area contributed by atoms with E-state index in [1.807, 2.05) is 0 Å². The van der Waals surface area contributed by atoms with Crippen molar-refractivity contribution >= 4 is 11.6 Å².